The molecule has 0 amide bonds. The minimum absolute atomic E-state index is 0.190. The van der Waals surface area contributed by atoms with Crippen molar-refractivity contribution in [1.82, 2.24) is 0 Å². The van der Waals surface area contributed by atoms with Crippen LogP contribution in [-0.2, 0) is 0 Å². The summed E-state index contributed by atoms with van der Waals surface area (Å²) in [5, 5.41) is 0. The van der Waals surface area contributed by atoms with Crippen molar-refractivity contribution in [1.29, 1.82) is 0 Å². The summed E-state index contributed by atoms with van der Waals surface area (Å²) in [6, 6.07) is 7.16. The summed E-state index contributed by atoms with van der Waals surface area (Å²) < 4.78 is 86.3. The van der Waals surface area contributed by atoms with Crippen LogP contribution in [0.2, 0.25) is 0 Å². The van der Waals surface area contributed by atoms with E-state index >= 15 is 0 Å². The average Bonchev–Trinajstić information content (AvgIpc) is 2.26. The fourth-order valence-electron chi connectivity index (χ4n) is 0.989. The van der Waals surface area contributed by atoms with E-state index in [1.165, 1.54) is 24.3 Å². The molecule has 0 aliphatic rings. The Balaban J connectivity index is 2.77. The molecule has 1 aromatic rings. The van der Waals surface area contributed by atoms with Crippen LogP contribution in [0.5, 0.6) is 0 Å². The van der Waals surface area contributed by atoms with E-state index in [1.54, 1.807) is 6.07 Å². The van der Waals surface area contributed by atoms with E-state index in [-0.39, 0.29) is 16.7 Å². The Bertz CT molecular complexity index is 385. The number of rotatable bonds is 4. The molecule has 8 heteroatoms. The third kappa shape index (κ3) is 3.09. The molecule has 102 valence electrons. The summed E-state index contributed by atoms with van der Waals surface area (Å²) in [6.45, 7) is 0. The molecule has 1 rings (SSSR count). The van der Waals surface area contributed by atoms with Gasteiger partial charge in [0, 0.05) is 4.90 Å². The van der Waals surface area contributed by atoms with Crippen LogP contribution in [0.3, 0.4) is 0 Å². The van der Waals surface area contributed by atoms with Crippen LogP contribution < -0.4 is 0 Å². The highest BCUT2D eigenvalue weighted by Crippen LogP contribution is 2.48. The van der Waals surface area contributed by atoms with Crippen molar-refractivity contribution in [3.8, 4) is 0 Å². The van der Waals surface area contributed by atoms with E-state index in [9.17, 15) is 30.7 Å². The Labute approximate surface area is 102 Å². The average molecular weight is 292 g/mol. The predicted octanol–water partition coefficient (Wildman–Crippen LogP) is 4.61. The zero-order chi connectivity index (χ0) is 14.0. The van der Waals surface area contributed by atoms with Crippen LogP contribution in [0.1, 0.15) is 0 Å². The van der Waals surface area contributed by atoms with E-state index in [4.69, 9.17) is 0 Å². The summed E-state index contributed by atoms with van der Waals surface area (Å²) in [5.74, 6) is -12.9. The molecule has 0 radical (unpaired) electrons. The second-order valence-corrected chi connectivity index (χ2v) is 4.43. The van der Waals surface area contributed by atoms with Crippen molar-refractivity contribution in [3.05, 3.63) is 30.3 Å². The molecule has 0 aliphatic heterocycles. The van der Waals surface area contributed by atoms with Gasteiger partial charge in [0.1, 0.15) is 0 Å². The van der Waals surface area contributed by atoms with Crippen molar-refractivity contribution < 1.29 is 30.7 Å². The largest absolute Gasteiger partial charge is 0.459 e. The highest BCUT2D eigenvalue weighted by molar-refractivity contribution is 7.99. The van der Waals surface area contributed by atoms with Gasteiger partial charge in [-0.05, 0) is 12.1 Å². The Morgan fingerprint density at radius 3 is 1.78 bits per heavy atom. The second kappa shape index (κ2) is 4.99. The fourth-order valence-corrected chi connectivity index (χ4v) is 1.87. The maximum absolute atomic E-state index is 12.9. The number of hydrogen-bond acceptors (Lipinski definition) is 1. The van der Waals surface area contributed by atoms with Gasteiger partial charge in [0.05, 0.1) is 5.75 Å². The number of benzene rings is 1. The Kier molecular flexibility index (Phi) is 4.19. The van der Waals surface area contributed by atoms with Gasteiger partial charge in [-0.15, -0.1) is 11.8 Å². The third-order valence-electron chi connectivity index (χ3n) is 1.98. The molecule has 0 unspecified atom stereocenters. The van der Waals surface area contributed by atoms with Gasteiger partial charge in [0.25, 0.3) is 0 Å². The molecule has 0 aliphatic carbocycles. The summed E-state index contributed by atoms with van der Waals surface area (Å²) >= 11 is 0.240. The number of thioether (sulfide) groups is 1. The van der Waals surface area contributed by atoms with Crippen molar-refractivity contribution in [3.63, 3.8) is 0 Å². The Morgan fingerprint density at radius 1 is 0.833 bits per heavy atom. The molecular formula is C10H7F7S. The lowest BCUT2D eigenvalue weighted by molar-refractivity contribution is -0.348. The van der Waals surface area contributed by atoms with Gasteiger partial charge in [-0.25, -0.2) is 0 Å². The summed E-state index contributed by atoms with van der Waals surface area (Å²) in [6.07, 6.45) is -6.27. The molecule has 0 saturated heterocycles. The van der Waals surface area contributed by atoms with Gasteiger partial charge < -0.3 is 0 Å². The molecule has 0 bridgehead atoms. The molecule has 0 heterocycles. The van der Waals surface area contributed by atoms with Gasteiger partial charge in [-0.3, -0.25) is 0 Å². The lowest BCUT2D eigenvalue weighted by atomic mass is 10.2. The third-order valence-corrected chi connectivity index (χ3v) is 3.09. The zero-order valence-corrected chi connectivity index (χ0v) is 9.46. The van der Waals surface area contributed by atoms with E-state index in [0.29, 0.717) is 0 Å². The Morgan fingerprint density at radius 2 is 1.33 bits per heavy atom. The van der Waals surface area contributed by atoms with Gasteiger partial charge in [-0.1, -0.05) is 18.2 Å². The maximum atomic E-state index is 12.9. The van der Waals surface area contributed by atoms with Crippen LogP contribution in [0.25, 0.3) is 0 Å². The highest BCUT2D eigenvalue weighted by Gasteiger charge is 2.72. The molecule has 18 heavy (non-hydrogen) atoms. The minimum Gasteiger partial charge on any atom is -0.199 e. The molecule has 0 aromatic heterocycles. The molecule has 0 atom stereocenters. The monoisotopic (exact) mass is 292 g/mol. The summed E-state index contributed by atoms with van der Waals surface area (Å²) in [4.78, 5) is 0.190. The smallest absolute Gasteiger partial charge is 0.199 e. The van der Waals surface area contributed by atoms with Crippen LogP contribution in [-0.4, -0.2) is 23.8 Å². The highest BCUT2D eigenvalue weighted by atomic mass is 32.2. The molecule has 0 fully saturated rings. The fraction of sp³-hybridized carbons (Fsp3) is 0.400. The minimum atomic E-state index is -6.27. The number of halogens is 7. The number of hydrogen-bond donors (Lipinski definition) is 0. The van der Waals surface area contributed by atoms with Crippen LogP contribution in [0, 0.1) is 0 Å². The normalized spacial score (nSPS) is 13.7. The predicted molar refractivity (Wildman–Crippen MR) is 53.1 cm³/mol. The van der Waals surface area contributed by atoms with Gasteiger partial charge in [0.2, 0.25) is 0 Å². The van der Waals surface area contributed by atoms with Crippen LogP contribution in [0.4, 0.5) is 30.7 Å². The van der Waals surface area contributed by atoms with Crippen molar-refractivity contribution in [2.75, 3.05) is 5.75 Å². The zero-order valence-electron chi connectivity index (χ0n) is 8.65. The first-order valence-corrected chi connectivity index (χ1v) is 5.57. The van der Waals surface area contributed by atoms with Crippen LogP contribution in [0.15, 0.2) is 35.2 Å². The van der Waals surface area contributed by atoms with Crippen molar-refractivity contribution in [2.45, 2.75) is 22.9 Å². The van der Waals surface area contributed by atoms with E-state index in [1.807, 2.05) is 0 Å². The van der Waals surface area contributed by atoms with Crippen molar-refractivity contribution in [2.24, 2.45) is 0 Å². The molecule has 0 saturated carbocycles. The van der Waals surface area contributed by atoms with Gasteiger partial charge in [0.15, 0.2) is 0 Å². The molecule has 1 aromatic carbocycles. The van der Waals surface area contributed by atoms with Crippen molar-refractivity contribution >= 4 is 11.8 Å². The standard InChI is InChI=1S/C10H7F7S/c11-8(12,9(13,14)10(15,16)17)6-18-7-4-2-1-3-5-7/h1-5H,6H2. The first-order valence-electron chi connectivity index (χ1n) is 4.58. The lowest BCUT2D eigenvalue weighted by Gasteiger charge is -2.27. The molecule has 0 nitrogen and oxygen atoms in total. The quantitative estimate of drug-likeness (QED) is 0.577. The lowest BCUT2D eigenvalue weighted by Crippen LogP contribution is -2.53. The molecule has 0 N–H and O–H groups in total. The SMILES string of the molecule is FC(F)(F)C(F)(F)C(F)(F)CSc1ccccc1. The van der Waals surface area contributed by atoms with E-state index in [0.717, 1.165) is 0 Å². The number of alkyl halides is 7. The Hall–Kier alpha value is -0.920. The van der Waals surface area contributed by atoms with E-state index < -0.39 is 23.8 Å². The first kappa shape index (κ1) is 15.1. The van der Waals surface area contributed by atoms with E-state index in [2.05, 4.69) is 0 Å². The van der Waals surface area contributed by atoms with Gasteiger partial charge >= 0.3 is 18.0 Å². The topological polar surface area (TPSA) is 0 Å². The second-order valence-electron chi connectivity index (χ2n) is 3.38. The summed E-state index contributed by atoms with van der Waals surface area (Å²) in [5.41, 5.74) is 0. The first-order chi connectivity index (χ1) is 8.08. The molecular weight excluding hydrogens is 285 g/mol. The maximum Gasteiger partial charge on any atom is 0.459 e. The van der Waals surface area contributed by atoms with Crippen LogP contribution >= 0.6 is 11.8 Å². The van der Waals surface area contributed by atoms with Gasteiger partial charge in [-0.2, -0.15) is 30.7 Å². The summed E-state index contributed by atoms with van der Waals surface area (Å²) in [7, 11) is 0. The molecule has 0 spiro atoms.